The van der Waals surface area contributed by atoms with Crippen LogP contribution in [0.3, 0.4) is 0 Å². The van der Waals surface area contributed by atoms with E-state index in [2.05, 4.69) is 10.3 Å². The zero-order chi connectivity index (χ0) is 18.5. The molecule has 0 spiro atoms. The molecule has 136 valence electrons. The highest BCUT2D eigenvalue weighted by Gasteiger charge is 2.16. The first-order valence-corrected chi connectivity index (χ1v) is 8.54. The summed E-state index contributed by atoms with van der Waals surface area (Å²) in [5.74, 6) is -1.27. The highest BCUT2D eigenvalue weighted by atomic mass is 16.5. The number of hydrogen-bond donors (Lipinski definition) is 3. The molecule has 0 bridgehead atoms. The van der Waals surface area contributed by atoms with E-state index < -0.39 is 24.0 Å². The van der Waals surface area contributed by atoms with Crippen LogP contribution in [0.5, 0.6) is 5.75 Å². The van der Waals surface area contributed by atoms with Gasteiger partial charge in [-0.25, -0.2) is 4.79 Å². The van der Waals surface area contributed by atoms with Crippen LogP contribution in [0.4, 0.5) is 5.69 Å². The third-order valence-corrected chi connectivity index (χ3v) is 4.29. The van der Waals surface area contributed by atoms with Gasteiger partial charge in [0.1, 0.15) is 11.3 Å². The number of carbonyl (C=O) groups is 2. The van der Waals surface area contributed by atoms with Crippen LogP contribution in [-0.4, -0.2) is 28.6 Å². The van der Waals surface area contributed by atoms with Crippen molar-refractivity contribution in [3.63, 3.8) is 0 Å². The zero-order valence-electron chi connectivity index (χ0n) is 14.2. The number of aryl methyl sites for hydroxylation is 2. The van der Waals surface area contributed by atoms with Gasteiger partial charge in [-0.05, 0) is 49.4 Å². The Bertz CT molecular complexity index is 888. The number of pyridine rings is 1. The molecule has 0 saturated heterocycles. The summed E-state index contributed by atoms with van der Waals surface area (Å²) in [6, 6.07) is 8.06. The van der Waals surface area contributed by atoms with Gasteiger partial charge in [-0.1, -0.05) is 12.5 Å². The summed E-state index contributed by atoms with van der Waals surface area (Å²) in [7, 11) is 0. The molecule has 1 aromatic heterocycles. The lowest BCUT2D eigenvalue weighted by Gasteiger charge is -2.10. The number of carbonyl (C=O) groups excluding carboxylic acids is 1. The molecule has 26 heavy (non-hydrogen) atoms. The monoisotopic (exact) mass is 356 g/mol. The number of H-pyrrole nitrogens is 1. The fraction of sp³-hybridized carbons (Fsp3) is 0.316. The minimum Gasteiger partial charge on any atom is -0.482 e. The molecule has 0 aliphatic heterocycles. The Kier molecular flexibility index (Phi) is 5.36. The zero-order valence-corrected chi connectivity index (χ0v) is 14.2. The van der Waals surface area contributed by atoms with Crippen LogP contribution < -0.4 is 15.6 Å². The standard InChI is InChI=1S/C19H20N2O5/c22-17(23)11-26-14-7-4-6-13(10-14)20-18(24)15-9-12-5-2-1-3-8-16(12)21-19(15)25/h4,6-7,9-10H,1-3,5,8,11H2,(H,20,24)(H,21,25)(H,22,23). The predicted molar refractivity (Wildman–Crippen MR) is 95.8 cm³/mol. The van der Waals surface area contributed by atoms with Gasteiger partial charge in [0.15, 0.2) is 6.61 Å². The number of fused-ring (bicyclic) bond motifs is 1. The van der Waals surface area contributed by atoms with Gasteiger partial charge in [-0.2, -0.15) is 0 Å². The Morgan fingerprint density at radius 1 is 1.15 bits per heavy atom. The molecule has 0 unspecified atom stereocenters. The van der Waals surface area contributed by atoms with Gasteiger partial charge in [0.2, 0.25) is 0 Å². The second kappa shape index (κ2) is 7.86. The number of hydrogen-bond acceptors (Lipinski definition) is 4. The highest BCUT2D eigenvalue weighted by Crippen LogP contribution is 2.20. The third kappa shape index (κ3) is 4.30. The van der Waals surface area contributed by atoms with E-state index in [9.17, 15) is 14.4 Å². The summed E-state index contributed by atoms with van der Waals surface area (Å²) in [5.41, 5.74) is 2.04. The molecular formula is C19H20N2O5. The van der Waals surface area contributed by atoms with E-state index in [-0.39, 0.29) is 5.56 Å². The summed E-state index contributed by atoms with van der Waals surface area (Å²) < 4.78 is 5.09. The summed E-state index contributed by atoms with van der Waals surface area (Å²) in [4.78, 5) is 38.2. The molecule has 0 atom stereocenters. The number of ether oxygens (including phenoxy) is 1. The lowest BCUT2D eigenvalue weighted by Crippen LogP contribution is -2.25. The number of anilines is 1. The van der Waals surface area contributed by atoms with Crippen LogP contribution in [0, 0.1) is 0 Å². The van der Waals surface area contributed by atoms with Crippen LogP contribution in [0.25, 0.3) is 0 Å². The smallest absolute Gasteiger partial charge is 0.341 e. The summed E-state index contributed by atoms with van der Waals surface area (Å²) in [5, 5.41) is 11.3. The normalized spacial score (nSPS) is 13.4. The number of nitrogens with one attached hydrogen (secondary N) is 2. The maximum Gasteiger partial charge on any atom is 0.341 e. The van der Waals surface area contributed by atoms with Crippen LogP contribution in [-0.2, 0) is 17.6 Å². The van der Waals surface area contributed by atoms with Crippen molar-refractivity contribution < 1.29 is 19.4 Å². The summed E-state index contributed by atoms with van der Waals surface area (Å²) in [6.07, 6.45) is 4.88. The molecule has 3 N–H and O–H groups in total. The van der Waals surface area contributed by atoms with Crippen molar-refractivity contribution in [2.75, 3.05) is 11.9 Å². The number of benzene rings is 1. The Balaban J connectivity index is 1.78. The molecule has 7 heteroatoms. The van der Waals surface area contributed by atoms with Gasteiger partial charge in [0, 0.05) is 17.4 Å². The molecule has 1 amide bonds. The number of amides is 1. The topological polar surface area (TPSA) is 108 Å². The molecule has 2 aromatic rings. The van der Waals surface area contributed by atoms with Crippen molar-refractivity contribution >= 4 is 17.6 Å². The van der Waals surface area contributed by atoms with Crippen molar-refractivity contribution in [3.05, 3.63) is 57.5 Å². The lowest BCUT2D eigenvalue weighted by molar-refractivity contribution is -0.139. The molecule has 0 radical (unpaired) electrons. The second-order valence-electron chi connectivity index (χ2n) is 6.24. The number of aromatic nitrogens is 1. The fourth-order valence-electron chi connectivity index (χ4n) is 3.03. The lowest BCUT2D eigenvalue weighted by atomic mass is 10.1. The van der Waals surface area contributed by atoms with Crippen LogP contribution in [0.15, 0.2) is 35.1 Å². The second-order valence-corrected chi connectivity index (χ2v) is 6.24. The van der Waals surface area contributed by atoms with Crippen molar-refractivity contribution in [3.8, 4) is 5.75 Å². The largest absolute Gasteiger partial charge is 0.482 e. The van der Waals surface area contributed by atoms with E-state index in [1.165, 1.54) is 6.07 Å². The highest BCUT2D eigenvalue weighted by molar-refractivity contribution is 6.04. The van der Waals surface area contributed by atoms with Crippen LogP contribution in [0.1, 0.15) is 40.9 Å². The van der Waals surface area contributed by atoms with E-state index in [0.717, 1.165) is 43.4 Å². The van der Waals surface area contributed by atoms with Crippen molar-refractivity contribution in [2.24, 2.45) is 0 Å². The van der Waals surface area contributed by atoms with Gasteiger partial charge in [-0.3, -0.25) is 9.59 Å². The van der Waals surface area contributed by atoms with Crippen molar-refractivity contribution in [1.82, 2.24) is 4.98 Å². The van der Waals surface area contributed by atoms with E-state index in [4.69, 9.17) is 9.84 Å². The maximum atomic E-state index is 12.5. The molecule has 0 saturated carbocycles. The molecule has 7 nitrogen and oxygen atoms in total. The Morgan fingerprint density at radius 2 is 1.96 bits per heavy atom. The van der Waals surface area contributed by atoms with Gasteiger partial charge in [0.05, 0.1) is 0 Å². The SMILES string of the molecule is O=C(O)COc1cccc(NC(=O)c2cc3c([nH]c2=O)CCCCC3)c1. The first-order chi connectivity index (χ1) is 12.5. The van der Waals surface area contributed by atoms with E-state index in [1.54, 1.807) is 24.3 Å². The van der Waals surface area contributed by atoms with Crippen LogP contribution >= 0.6 is 0 Å². The van der Waals surface area contributed by atoms with Gasteiger partial charge in [0.25, 0.3) is 11.5 Å². The fourth-order valence-corrected chi connectivity index (χ4v) is 3.03. The molecule has 3 rings (SSSR count). The quantitative estimate of drug-likeness (QED) is 0.713. The van der Waals surface area contributed by atoms with Crippen molar-refractivity contribution in [1.29, 1.82) is 0 Å². The Morgan fingerprint density at radius 3 is 2.77 bits per heavy atom. The Labute approximate surface area is 150 Å². The molecule has 1 aliphatic rings. The van der Waals surface area contributed by atoms with Crippen molar-refractivity contribution in [2.45, 2.75) is 32.1 Å². The molecule has 1 aliphatic carbocycles. The van der Waals surface area contributed by atoms with Gasteiger partial charge < -0.3 is 20.1 Å². The number of carboxylic acids is 1. The summed E-state index contributed by atoms with van der Waals surface area (Å²) in [6.45, 7) is -0.470. The van der Waals surface area contributed by atoms with E-state index in [1.807, 2.05) is 0 Å². The molecular weight excluding hydrogens is 336 g/mol. The number of rotatable bonds is 5. The summed E-state index contributed by atoms with van der Waals surface area (Å²) >= 11 is 0. The first-order valence-electron chi connectivity index (χ1n) is 8.54. The first kappa shape index (κ1) is 17.7. The third-order valence-electron chi connectivity index (χ3n) is 4.29. The minimum absolute atomic E-state index is 0.0718. The number of aromatic amines is 1. The van der Waals surface area contributed by atoms with Crippen LogP contribution in [0.2, 0.25) is 0 Å². The Hall–Kier alpha value is -3.09. The van der Waals surface area contributed by atoms with Gasteiger partial charge in [-0.15, -0.1) is 0 Å². The van der Waals surface area contributed by atoms with E-state index in [0.29, 0.717) is 11.4 Å². The molecule has 1 heterocycles. The molecule has 0 fully saturated rings. The average Bonchev–Trinajstić information content (AvgIpc) is 2.84. The number of carboxylic acid groups (broad SMARTS) is 1. The maximum absolute atomic E-state index is 12.5. The predicted octanol–water partition coefficient (Wildman–Crippen LogP) is 2.36. The number of aliphatic carboxylic acids is 1. The van der Waals surface area contributed by atoms with E-state index >= 15 is 0 Å². The average molecular weight is 356 g/mol. The minimum atomic E-state index is -1.09. The van der Waals surface area contributed by atoms with Gasteiger partial charge >= 0.3 is 5.97 Å². The molecule has 1 aromatic carbocycles.